The Hall–Kier alpha value is -2.36. The van der Waals surface area contributed by atoms with E-state index in [2.05, 4.69) is 9.97 Å². The average Bonchev–Trinajstić information content (AvgIpc) is 2.79. The summed E-state index contributed by atoms with van der Waals surface area (Å²) in [6.45, 7) is 0. The summed E-state index contributed by atoms with van der Waals surface area (Å²) in [5.74, 6) is 0.450. The first kappa shape index (κ1) is 8.91. The maximum Gasteiger partial charge on any atom is 0.179 e. The normalized spacial score (nSPS) is 10.8. The fourth-order valence-electron chi connectivity index (χ4n) is 1.70. The molecule has 0 aliphatic rings. The van der Waals surface area contributed by atoms with Crippen LogP contribution in [0, 0.1) is 0 Å². The Bertz CT molecular complexity index is 628. The van der Waals surface area contributed by atoms with Crippen molar-refractivity contribution in [1.82, 2.24) is 14.4 Å². The topological polar surface area (TPSA) is 56.2 Å². The summed E-state index contributed by atoms with van der Waals surface area (Å²) < 4.78 is 1.88. The van der Waals surface area contributed by atoms with Gasteiger partial charge in [0.15, 0.2) is 11.5 Å². The van der Waals surface area contributed by atoms with Crippen LogP contribution in [0.3, 0.4) is 0 Å². The van der Waals surface area contributed by atoms with Crippen molar-refractivity contribution in [2.75, 3.05) is 5.73 Å². The third-order valence-electron chi connectivity index (χ3n) is 2.47. The van der Waals surface area contributed by atoms with Gasteiger partial charge in [0.05, 0.1) is 5.69 Å². The van der Waals surface area contributed by atoms with Gasteiger partial charge in [0.1, 0.15) is 0 Å². The molecule has 0 fully saturated rings. The molecule has 0 atom stereocenters. The van der Waals surface area contributed by atoms with E-state index in [9.17, 15) is 0 Å². The fraction of sp³-hybridized carbons (Fsp3) is 0. The van der Waals surface area contributed by atoms with E-state index in [0.29, 0.717) is 11.5 Å². The van der Waals surface area contributed by atoms with Crippen LogP contribution < -0.4 is 5.73 Å². The van der Waals surface area contributed by atoms with Crippen molar-refractivity contribution in [2.24, 2.45) is 0 Å². The Morgan fingerprint density at radius 2 is 1.94 bits per heavy atom. The van der Waals surface area contributed by atoms with Gasteiger partial charge in [-0.15, -0.1) is 0 Å². The lowest BCUT2D eigenvalue weighted by Gasteiger charge is -2.03. The number of hydrogen-bond acceptors (Lipinski definition) is 3. The van der Waals surface area contributed by atoms with Crippen molar-refractivity contribution < 1.29 is 0 Å². The quantitative estimate of drug-likeness (QED) is 0.668. The van der Waals surface area contributed by atoms with E-state index in [-0.39, 0.29) is 0 Å². The molecular weight excluding hydrogens is 200 g/mol. The van der Waals surface area contributed by atoms with Gasteiger partial charge in [0.25, 0.3) is 0 Å². The van der Waals surface area contributed by atoms with Gasteiger partial charge in [-0.2, -0.15) is 0 Å². The fourth-order valence-corrected chi connectivity index (χ4v) is 1.70. The number of rotatable bonds is 1. The number of fused-ring (bicyclic) bond motifs is 1. The number of hydrogen-bond donors (Lipinski definition) is 1. The molecule has 0 aliphatic carbocycles. The number of anilines is 1. The molecule has 0 spiro atoms. The Kier molecular flexibility index (Phi) is 1.86. The van der Waals surface area contributed by atoms with Gasteiger partial charge in [-0.1, -0.05) is 30.3 Å². The third kappa shape index (κ3) is 1.32. The maximum absolute atomic E-state index is 5.84. The Morgan fingerprint density at radius 1 is 1.12 bits per heavy atom. The van der Waals surface area contributed by atoms with Crippen molar-refractivity contribution >= 4 is 11.5 Å². The largest absolute Gasteiger partial charge is 0.381 e. The second kappa shape index (κ2) is 3.34. The van der Waals surface area contributed by atoms with Gasteiger partial charge in [-0.05, 0) is 0 Å². The van der Waals surface area contributed by atoms with E-state index in [1.165, 1.54) is 0 Å². The van der Waals surface area contributed by atoms with E-state index < -0.39 is 0 Å². The average molecular weight is 210 g/mol. The monoisotopic (exact) mass is 210 g/mol. The molecule has 0 saturated heterocycles. The van der Waals surface area contributed by atoms with Gasteiger partial charge >= 0.3 is 0 Å². The van der Waals surface area contributed by atoms with Crippen LogP contribution >= 0.6 is 0 Å². The minimum atomic E-state index is 0.450. The zero-order chi connectivity index (χ0) is 11.0. The van der Waals surface area contributed by atoms with Gasteiger partial charge < -0.3 is 10.1 Å². The van der Waals surface area contributed by atoms with E-state index in [0.717, 1.165) is 11.3 Å². The smallest absolute Gasteiger partial charge is 0.179 e. The lowest BCUT2D eigenvalue weighted by atomic mass is 10.2. The number of imidazole rings is 1. The lowest BCUT2D eigenvalue weighted by Crippen LogP contribution is -1.98. The zero-order valence-corrected chi connectivity index (χ0v) is 8.54. The van der Waals surface area contributed by atoms with Gasteiger partial charge in [-0.25, -0.2) is 9.97 Å². The SMILES string of the molecule is Nc1nc(-c2ccccc2)cn2ccnc12. The highest BCUT2D eigenvalue weighted by Crippen LogP contribution is 2.19. The van der Waals surface area contributed by atoms with Crippen LogP contribution in [0.25, 0.3) is 16.9 Å². The summed E-state index contributed by atoms with van der Waals surface area (Å²) in [5, 5.41) is 0. The summed E-state index contributed by atoms with van der Waals surface area (Å²) in [4.78, 5) is 8.47. The highest BCUT2D eigenvalue weighted by atomic mass is 15.0. The molecule has 0 unspecified atom stereocenters. The molecular formula is C12H10N4. The van der Waals surface area contributed by atoms with Gasteiger partial charge in [0.2, 0.25) is 0 Å². The molecule has 1 aromatic carbocycles. The molecule has 3 rings (SSSR count). The van der Waals surface area contributed by atoms with Crippen LogP contribution in [0.4, 0.5) is 5.82 Å². The number of aromatic nitrogens is 3. The molecule has 2 N–H and O–H groups in total. The predicted octanol–water partition coefficient (Wildman–Crippen LogP) is 1.98. The van der Waals surface area contributed by atoms with E-state index in [4.69, 9.17) is 5.73 Å². The van der Waals surface area contributed by atoms with Crippen LogP contribution in [-0.4, -0.2) is 14.4 Å². The molecule has 4 heteroatoms. The van der Waals surface area contributed by atoms with Crippen LogP contribution in [0.5, 0.6) is 0 Å². The zero-order valence-electron chi connectivity index (χ0n) is 8.54. The Balaban J connectivity index is 2.25. The summed E-state index contributed by atoms with van der Waals surface area (Å²) in [6, 6.07) is 9.94. The molecule has 2 heterocycles. The molecule has 0 aliphatic heterocycles. The second-order valence-electron chi connectivity index (χ2n) is 3.54. The van der Waals surface area contributed by atoms with Crippen LogP contribution in [-0.2, 0) is 0 Å². The first-order valence-corrected chi connectivity index (χ1v) is 4.99. The van der Waals surface area contributed by atoms with E-state index in [1.54, 1.807) is 6.20 Å². The lowest BCUT2D eigenvalue weighted by molar-refractivity contribution is 1.14. The van der Waals surface area contributed by atoms with Crippen LogP contribution in [0.1, 0.15) is 0 Å². The summed E-state index contributed by atoms with van der Waals surface area (Å²) in [6.07, 6.45) is 5.50. The Labute approximate surface area is 92.4 Å². The Morgan fingerprint density at radius 3 is 2.75 bits per heavy atom. The highest BCUT2D eigenvalue weighted by molar-refractivity contribution is 5.67. The van der Waals surface area contributed by atoms with Crippen molar-refractivity contribution in [2.45, 2.75) is 0 Å². The standard InChI is InChI=1S/C12H10N4/c13-11-12-14-6-7-16(12)8-10(15-11)9-4-2-1-3-5-9/h1-8H,(H2,13,15). The maximum atomic E-state index is 5.84. The molecule has 0 radical (unpaired) electrons. The highest BCUT2D eigenvalue weighted by Gasteiger charge is 2.05. The number of nitrogens with two attached hydrogens (primary N) is 1. The number of benzene rings is 1. The first-order chi connectivity index (χ1) is 7.84. The number of nitrogens with zero attached hydrogens (tertiary/aromatic N) is 3. The second-order valence-corrected chi connectivity index (χ2v) is 3.54. The van der Waals surface area contributed by atoms with Crippen LogP contribution in [0.15, 0.2) is 48.9 Å². The molecule has 2 aromatic heterocycles. The van der Waals surface area contributed by atoms with Gasteiger partial charge in [-0.3, -0.25) is 0 Å². The van der Waals surface area contributed by atoms with Crippen molar-refractivity contribution in [3.05, 3.63) is 48.9 Å². The third-order valence-corrected chi connectivity index (χ3v) is 2.47. The van der Waals surface area contributed by atoms with E-state index in [1.807, 2.05) is 47.1 Å². The molecule has 0 saturated carbocycles. The minimum absolute atomic E-state index is 0.450. The van der Waals surface area contributed by atoms with Crippen molar-refractivity contribution in [3.8, 4) is 11.3 Å². The molecule has 0 bridgehead atoms. The molecule has 0 amide bonds. The van der Waals surface area contributed by atoms with E-state index >= 15 is 0 Å². The summed E-state index contributed by atoms with van der Waals surface area (Å²) >= 11 is 0. The minimum Gasteiger partial charge on any atom is -0.381 e. The first-order valence-electron chi connectivity index (χ1n) is 4.99. The van der Waals surface area contributed by atoms with Crippen LogP contribution in [0.2, 0.25) is 0 Å². The summed E-state index contributed by atoms with van der Waals surface area (Å²) in [5.41, 5.74) is 8.44. The van der Waals surface area contributed by atoms with Crippen molar-refractivity contribution in [3.63, 3.8) is 0 Å². The molecule has 16 heavy (non-hydrogen) atoms. The molecule has 3 aromatic rings. The molecule has 78 valence electrons. The van der Waals surface area contributed by atoms with Gasteiger partial charge in [0, 0.05) is 24.2 Å². The summed E-state index contributed by atoms with van der Waals surface area (Å²) in [7, 11) is 0. The van der Waals surface area contributed by atoms with Crippen molar-refractivity contribution in [1.29, 1.82) is 0 Å². The predicted molar refractivity (Wildman–Crippen MR) is 62.8 cm³/mol. The molecule has 4 nitrogen and oxygen atoms in total. The number of nitrogen functional groups attached to an aromatic ring is 1.